The summed E-state index contributed by atoms with van der Waals surface area (Å²) in [5.41, 5.74) is 1.30. The fourth-order valence-electron chi connectivity index (χ4n) is 2.13. The van der Waals surface area contributed by atoms with Crippen molar-refractivity contribution in [2.24, 2.45) is 0 Å². The molecule has 2 rings (SSSR count). The van der Waals surface area contributed by atoms with Crippen molar-refractivity contribution in [3.63, 3.8) is 0 Å². The number of urea groups is 1. The van der Waals surface area contributed by atoms with Crippen LogP contribution in [0, 0.1) is 11.3 Å². The van der Waals surface area contributed by atoms with Gasteiger partial charge >= 0.3 is 6.03 Å². The molecule has 1 fully saturated rings. The minimum Gasteiger partial charge on any atom is -0.326 e. The summed E-state index contributed by atoms with van der Waals surface area (Å²) >= 11 is 0. The van der Waals surface area contributed by atoms with Crippen LogP contribution >= 0.6 is 0 Å². The van der Waals surface area contributed by atoms with Crippen molar-refractivity contribution < 1.29 is 9.59 Å². The first-order valence-electron chi connectivity index (χ1n) is 6.26. The predicted molar refractivity (Wildman–Crippen MR) is 68.9 cm³/mol. The number of nitrogens with zero attached hydrogens (tertiary/aromatic N) is 2. The second-order valence-electron chi connectivity index (χ2n) is 4.53. The molecule has 1 aliphatic heterocycles. The third-order valence-electron chi connectivity index (χ3n) is 3.08. The quantitative estimate of drug-likeness (QED) is 0.835. The lowest BCUT2D eigenvalue weighted by Crippen LogP contribution is -2.30. The van der Waals surface area contributed by atoms with Crippen LogP contribution in [0.3, 0.4) is 0 Å². The largest absolute Gasteiger partial charge is 0.326 e. The lowest BCUT2D eigenvalue weighted by Gasteiger charge is -2.13. The van der Waals surface area contributed by atoms with Crippen molar-refractivity contribution in [3.8, 4) is 6.07 Å². The van der Waals surface area contributed by atoms with Gasteiger partial charge in [-0.05, 0) is 24.1 Å². The Bertz CT molecular complexity index is 548. The third-order valence-corrected chi connectivity index (χ3v) is 3.08. The minimum absolute atomic E-state index is 0.186. The third kappa shape index (κ3) is 2.74. The predicted octanol–water partition coefficient (Wildman–Crippen LogP) is 1.78. The van der Waals surface area contributed by atoms with Gasteiger partial charge in [0.05, 0.1) is 18.2 Å². The lowest BCUT2D eigenvalue weighted by molar-refractivity contribution is -0.128. The summed E-state index contributed by atoms with van der Waals surface area (Å²) in [6.45, 7) is 2.18. The maximum atomic E-state index is 12.0. The Morgan fingerprint density at radius 3 is 2.89 bits per heavy atom. The molecule has 5 heteroatoms. The van der Waals surface area contributed by atoms with E-state index >= 15 is 0 Å². The van der Waals surface area contributed by atoms with Crippen LogP contribution < -0.4 is 5.32 Å². The van der Waals surface area contributed by atoms with Crippen molar-refractivity contribution in [2.45, 2.75) is 32.4 Å². The molecule has 1 aromatic rings. The van der Waals surface area contributed by atoms with Gasteiger partial charge in [-0.1, -0.05) is 25.5 Å². The van der Waals surface area contributed by atoms with Crippen LogP contribution in [0.15, 0.2) is 24.3 Å². The molecule has 1 N–H and O–H groups in total. The van der Waals surface area contributed by atoms with Crippen molar-refractivity contribution in [1.82, 2.24) is 10.2 Å². The van der Waals surface area contributed by atoms with Crippen LogP contribution in [-0.4, -0.2) is 22.9 Å². The smallest absolute Gasteiger partial charge is 0.325 e. The Labute approximate surface area is 111 Å². The number of imide groups is 1. The molecule has 1 aromatic carbocycles. The van der Waals surface area contributed by atoms with Crippen molar-refractivity contribution in [1.29, 1.82) is 5.26 Å². The first-order valence-corrected chi connectivity index (χ1v) is 6.26. The summed E-state index contributed by atoms with van der Waals surface area (Å²) in [6.07, 6.45) is 1.49. The second kappa shape index (κ2) is 5.53. The zero-order valence-corrected chi connectivity index (χ0v) is 10.7. The highest BCUT2D eigenvalue weighted by atomic mass is 16.2. The number of carbonyl (C=O) groups is 2. The van der Waals surface area contributed by atoms with E-state index in [1.807, 2.05) is 13.0 Å². The summed E-state index contributed by atoms with van der Waals surface area (Å²) in [7, 11) is 0. The second-order valence-corrected chi connectivity index (χ2v) is 4.53. The van der Waals surface area contributed by atoms with Crippen molar-refractivity contribution >= 4 is 11.9 Å². The Morgan fingerprint density at radius 1 is 1.42 bits per heavy atom. The van der Waals surface area contributed by atoms with Crippen LogP contribution in [0.1, 0.15) is 30.9 Å². The minimum atomic E-state index is -0.406. The van der Waals surface area contributed by atoms with Gasteiger partial charge in [-0.3, -0.25) is 9.69 Å². The van der Waals surface area contributed by atoms with E-state index in [0.717, 1.165) is 12.0 Å². The standard InChI is InChI=1S/C14H15N3O2/c1-2-4-12-13(18)17(14(19)16-12)9-11-6-3-5-10(7-11)8-15/h3,5-7,12H,2,4,9H2,1H3,(H,16,19). The monoisotopic (exact) mass is 257 g/mol. The van der Waals surface area contributed by atoms with Gasteiger partial charge in [-0.25, -0.2) is 4.79 Å². The molecule has 5 nitrogen and oxygen atoms in total. The lowest BCUT2D eigenvalue weighted by atomic mass is 10.1. The zero-order chi connectivity index (χ0) is 13.8. The van der Waals surface area contributed by atoms with Gasteiger partial charge < -0.3 is 5.32 Å². The van der Waals surface area contributed by atoms with Gasteiger partial charge in [0.25, 0.3) is 5.91 Å². The SMILES string of the molecule is CCCC1NC(=O)N(Cc2cccc(C#N)c2)C1=O. The summed E-state index contributed by atoms with van der Waals surface area (Å²) < 4.78 is 0. The van der Waals surface area contributed by atoms with E-state index in [2.05, 4.69) is 5.32 Å². The van der Waals surface area contributed by atoms with E-state index in [4.69, 9.17) is 5.26 Å². The Hall–Kier alpha value is -2.35. The van der Waals surface area contributed by atoms with Gasteiger partial charge in [0.2, 0.25) is 0 Å². The molecule has 19 heavy (non-hydrogen) atoms. The highest BCUT2D eigenvalue weighted by Crippen LogP contribution is 2.15. The van der Waals surface area contributed by atoms with E-state index in [1.165, 1.54) is 4.90 Å². The molecule has 0 radical (unpaired) electrons. The Balaban J connectivity index is 2.12. The maximum absolute atomic E-state index is 12.0. The molecule has 1 heterocycles. The molecule has 0 saturated carbocycles. The highest BCUT2D eigenvalue weighted by molar-refractivity contribution is 6.04. The highest BCUT2D eigenvalue weighted by Gasteiger charge is 2.36. The van der Waals surface area contributed by atoms with Gasteiger partial charge in [0.15, 0.2) is 0 Å². The van der Waals surface area contributed by atoms with Crippen LogP contribution in [0.4, 0.5) is 4.79 Å². The van der Waals surface area contributed by atoms with Crippen LogP contribution in [-0.2, 0) is 11.3 Å². The normalized spacial score (nSPS) is 18.3. The average Bonchev–Trinajstić information content (AvgIpc) is 2.67. The summed E-state index contributed by atoms with van der Waals surface area (Å²) in [6, 6.07) is 8.20. The first-order chi connectivity index (χ1) is 9.15. The summed E-state index contributed by atoms with van der Waals surface area (Å²) in [4.78, 5) is 25.0. The topological polar surface area (TPSA) is 73.2 Å². The molecule has 0 spiro atoms. The van der Waals surface area contributed by atoms with E-state index < -0.39 is 6.04 Å². The van der Waals surface area contributed by atoms with Gasteiger partial charge in [0.1, 0.15) is 6.04 Å². The Morgan fingerprint density at radius 2 is 2.21 bits per heavy atom. The molecule has 1 atom stereocenters. The molecule has 3 amide bonds. The fraction of sp³-hybridized carbons (Fsp3) is 0.357. The molecular formula is C14H15N3O2. The number of hydrogen-bond donors (Lipinski definition) is 1. The van der Waals surface area contributed by atoms with E-state index in [1.54, 1.807) is 24.3 Å². The number of nitrogens with one attached hydrogen (secondary N) is 1. The molecule has 1 unspecified atom stereocenters. The number of benzene rings is 1. The number of nitriles is 1. The number of hydrogen-bond acceptors (Lipinski definition) is 3. The molecule has 0 aliphatic carbocycles. The van der Waals surface area contributed by atoms with E-state index in [9.17, 15) is 9.59 Å². The van der Waals surface area contributed by atoms with Crippen molar-refractivity contribution in [3.05, 3.63) is 35.4 Å². The number of rotatable bonds is 4. The van der Waals surface area contributed by atoms with Gasteiger partial charge in [0, 0.05) is 0 Å². The van der Waals surface area contributed by atoms with Crippen molar-refractivity contribution in [2.75, 3.05) is 0 Å². The fourth-order valence-corrected chi connectivity index (χ4v) is 2.13. The van der Waals surface area contributed by atoms with Crippen LogP contribution in [0.25, 0.3) is 0 Å². The summed E-state index contributed by atoms with van der Waals surface area (Å²) in [5.74, 6) is -0.186. The number of amides is 3. The molecule has 1 saturated heterocycles. The molecule has 0 bridgehead atoms. The Kier molecular flexibility index (Phi) is 3.81. The molecule has 0 aromatic heterocycles. The van der Waals surface area contributed by atoms with Gasteiger partial charge in [-0.15, -0.1) is 0 Å². The first kappa shape index (κ1) is 13.1. The van der Waals surface area contributed by atoms with Gasteiger partial charge in [-0.2, -0.15) is 5.26 Å². The summed E-state index contributed by atoms with van der Waals surface area (Å²) in [5, 5.41) is 11.5. The molecule has 98 valence electrons. The maximum Gasteiger partial charge on any atom is 0.325 e. The van der Waals surface area contributed by atoms with E-state index in [0.29, 0.717) is 12.0 Å². The van der Waals surface area contributed by atoms with Crippen LogP contribution in [0.5, 0.6) is 0 Å². The molecule has 1 aliphatic rings. The van der Waals surface area contributed by atoms with Crippen LogP contribution in [0.2, 0.25) is 0 Å². The van der Waals surface area contributed by atoms with E-state index in [-0.39, 0.29) is 18.5 Å². The zero-order valence-electron chi connectivity index (χ0n) is 10.7. The average molecular weight is 257 g/mol. The number of carbonyl (C=O) groups excluding carboxylic acids is 2. The molecular weight excluding hydrogens is 242 g/mol.